The number of fused-ring (bicyclic) bond motifs is 1. The number of carboxylic acids is 1. The second kappa shape index (κ2) is 6.59. The first-order chi connectivity index (χ1) is 11.5. The lowest BCUT2D eigenvalue weighted by atomic mass is 9.94. The maximum Gasteiger partial charge on any atom is 0.337 e. The molecule has 3 rings (SSSR count). The molecule has 126 valence electrons. The number of hydrogen-bond acceptors (Lipinski definition) is 2. The van der Waals surface area contributed by atoms with Gasteiger partial charge in [0, 0.05) is 18.7 Å². The van der Waals surface area contributed by atoms with Crippen LogP contribution in [0.1, 0.15) is 64.2 Å². The fourth-order valence-corrected chi connectivity index (χ4v) is 3.38. The molecule has 0 radical (unpaired) electrons. The molecule has 1 aliphatic heterocycles. The summed E-state index contributed by atoms with van der Waals surface area (Å²) in [5.74, 6) is -1.40. The number of halogens is 1. The van der Waals surface area contributed by atoms with E-state index in [4.69, 9.17) is 0 Å². The highest BCUT2D eigenvalue weighted by Crippen LogP contribution is 2.27. The number of carbonyl (C=O) groups is 2. The lowest BCUT2D eigenvalue weighted by molar-refractivity contribution is 0.0695. The van der Waals surface area contributed by atoms with Crippen molar-refractivity contribution in [3.8, 4) is 0 Å². The van der Waals surface area contributed by atoms with E-state index < -0.39 is 5.97 Å². The molecule has 1 aromatic heterocycles. The molecule has 1 N–H and O–H groups in total. The predicted octanol–water partition coefficient (Wildman–Crippen LogP) is 4.04. The van der Waals surface area contributed by atoms with E-state index in [1.165, 1.54) is 18.2 Å². The minimum atomic E-state index is -0.980. The van der Waals surface area contributed by atoms with Gasteiger partial charge in [-0.2, -0.15) is 0 Å². The van der Waals surface area contributed by atoms with Crippen LogP contribution in [0, 0.1) is 5.82 Å². The third-order valence-corrected chi connectivity index (χ3v) is 4.70. The van der Waals surface area contributed by atoms with Crippen molar-refractivity contribution < 1.29 is 19.1 Å². The molecule has 0 amide bonds. The largest absolute Gasteiger partial charge is 0.478 e. The number of Topliss-reactive ketones (excluding diaryl/α,β-unsaturated/α-hetero) is 1. The number of carboxylic acid groups (broad SMARTS) is 1. The Morgan fingerprint density at radius 3 is 2.62 bits per heavy atom. The van der Waals surface area contributed by atoms with Gasteiger partial charge in [-0.3, -0.25) is 4.79 Å². The molecule has 1 atom stereocenters. The van der Waals surface area contributed by atoms with Gasteiger partial charge in [-0.1, -0.05) is 19.1 Å². The van der Waals surface area contributed by atoms with Gasteiger partial charge in [0.2, 0.25) is 0 Å². The molecule has 0 unspecified atom stereocenters. The Kier molecular flexibility index (Phi) is 4.51. The molecule has 5 heteroatoms. The fraction of sp³-hybridized carbons (Fsp3) is 0.368. The van der Waals surface area contributed by atoms with Gasteiger partial charge in [-0.25, -0.2) is 9.18 Å². The first kappa shape index (κ1) is 16.4. The molecule has 0 aliphatic carbocycles. The average Bonchev–Trinajstić information content (AvgIpc) is 2.95. The molecule has 1 aromatic carbocycles. The van der Waals surface area contributed by atoms with Crippen molar-refractivity contribution in [3.05, 3.63) is 58.7 Å². The number of benzene rings is 1. The summed E-state index contributed by atoms with van der Waals surface area (Å²) in [5, 5.41) is 9.36. The summed E-state index contributed by atoms with van der Waals surface area (Å²) in [7, 11) is 0. The van der Waals surface area contributed by atoms with Crippen molar-refractivity contribution in [2.24, 2.45) is 0 Å². The maximum atomic E-state index is 13.0. The second-order valence-electron chi connectivity index (χ2n) is 6.38. The number of nitrogens with zero attached hydrogens (tertiary/aromatic N) is 1. The predicted molar refractivity (Wildman–Crippen MR) is 88.1 cm³/mol. The number of aromatic carboxylic acids is 1. The number of carbonyl (C=O) groups excluding carboxylic acids is 1. The van der Waals surface area contributed by atoms with Gasteiger partial charge in [0.05, 0.1) is 11.3 Å². The SMILES string of the molecule is C[C@@H](CC(=O)c1cc(C(=O)O)c2n1CCCC2)c1ccc(F)cc1. The first-order valence-electron chi connectivity index (χ1n) is 8.21. The van der Waals surface area contributed by atoms with E-state index in [9.17, 15) is 19.1 Å². The van der Waals surface area contributed by atoms with E-state index in [2.05, 4.69) is 0 Å². The van der Waals surface area contributed by atoms with Crippen LogP contribution >= 0.6 is 0 Å². The van der Waals surface area contributed by atoms with Crippen molar-refractivity contribution in [2.45, 2.75) is 45.1 Å². The molecule has 4 nitrogen and oxygen atoms in total. The Balaban J connectivity index is 1.85. The summed E-state index contributed by atoms with van der Waals surface area (Å²) >= 11 is 0. The number of rotatable bonds is 5. The van der Waals surface area contributed by atoms with Gasteiger partial charge in [-0.15, -0.1) is 0 Å². The molecular formula is C19H20FNO3. The molecule has 0 bridgehead atoms. The Morgan fingerprint density at radius 1 is 1.25 bits per heavy atom. The molecule has 2 heterocycles. The summed E-state index contributed by atoms with van der Waals surface area (Å²) in [6.07, 6.45) is 2.87. The van der Waals surface area contributed by atoms with Crippen molar-refractivity contribution in [1.29, 1.82) is 0 Å². The third kappa shape index (κ3) is 3.11. The summed E-state index contributed by atoms with van der Waals surface area (Å²) in [4.78, 5) is 24.1. The normalized spacial score (nSPS) is 14.9. The molecule has 0 fully saturated rings. The van der Waals surface area contributed by atoms with Crippen molar-refractivity contribution in [3.63, 3.8) is 0 Å². The van der Waals surface area contributed by atoms with Crippen molar-refractivity contribution in [2.75, 3.05) is 0 Å². The zero-order valence-corrected chi connectivity index (χ0v) is 13.6. The molecule has 0 spiro atoms. The smallest absolute Gasteiger partial charge is 0.337 e. The summed E-state index contributed by atoms with van der Waals surface area (Å²) in [6.45, 7) is 2.61. The van der Waals surface area contributed by atoms with Crippen LogP contribution in [-0.4, -0.2) is 21.4 Å². The number of aromatic nitrogens is 1. The Labute approximate surface area is 139 Å². The average molecular weight is 329 g/mol. The highest BCUT2D eigenvalue weighted by Gasteiger charge is 2.26. The van der Waals surface area contributed by atoms with Gasteiger partial charge in [0.15, 0.2) is 5.78 Å². The minimum absolute atomic E-state index is 0.0545. The van der Waals surface area contributed by atoms with Crippen LogP contribution in [-0.2, 0) is 13.0 Å². The summed E-state index contributed by atoms with van der Waals surface area (Å²) < 4.78 is 14.9. The van der Waals surface area contributed by atoms with Crippen LogP contribution in [0.25, 0.3) is 0 Å². The first-order valence-corrected chi connectivity index (χ1v) is 8.21. The van der Waals surface area contributed by atoms with E-state index in [0.717, 1.165) is 24.1 Å². The summed E-state index contributed by atoms with van der Waals surface area (Å²) in [5.41, 5.74) is 2.38. The summed E-state index contributed by atoms with van der Waals surface area (Å²) in [6, 6.07) is 7.66. The van der Waals surface area contributed by atoms with Crippen molar-refractivity contribution >= 4 is 11.8 Å². The zero-order chi connectivity index (χ0) is 17.3. The Morgan fingerprint density at radius 2 is 1.96 bits per heavy atom. The van der Waals surface area contributed by atoms with Gasteiger partial charge in [0.1, 0.15) is 5.82 Å². The molecular weight excluding hydrogens is 309 g/mol. The van der Waals surface area contributed by atoms with Crippen LogP contribution in [0.15, 0.2) is 30.3 Å². The molecule has 1 aliphatic rings. The van der Waals surface area contributed by atoms with E-state index in [-0.39, 0.29) is 29.5 Å². The standard InChI is InChI=1S/C19H20FNO3/c1-12(13-5-7-14(20)8-6-13)10-18(22)17-11-15(19(23)24)16-4-2-3-9-21(16)17/h5-8,11-12H,2-4,9-10H2,1H3,(H,23,24)/t12-/m0/s1. The third-order valence-electron chi connectivity index (χ3n) is 4.70. The van der Waals surface area contributed by atoms with Gasteiger partial charge in [0.25, 0.3) is 0 Å². The van der Waals surface area contributed by atoms with Crippen LogP contribution in [0.3, 0.4) is 0 Å². The van der Waals surface area contributed by atoms with E-state index in [1.807, 2.05) is 11.5 Å². The zero-order valence-electron chi connectivity index (χ0n) is 13.6. The van der Waals surface area contributed by atoms with E-state index in [1.54, 1.807) is 12.1 Å². The minimum Gasteiger partial charge on any atom is -0.478 e. The lowest BCUT2D eigenvalue weighted by Crippen LogP contribution is -2.17. The number of hydrogen-bond donors (Lipinski definition) is 1. The highest BCUT2D eigenvalue weighted by atomic mass is 19.1. The van der Waals surface area contributed by atoms with Gasteiger partial charge < -0.3 is 9.67 Å². The van der Waals surface area contributed by atoms with Crippen LogP contribution in [0.2, 0.25) is 0 Å². The van der Waals surface area contributed by atoms with Gasteiger partial charge >= 0.3 is 5.97 Å². The maximum absolute atomic E-state index is 13.0. The van der Waals surface area contributed by atoms with E-state index in [0.29, 0.717) is 18.7 Å². The van der Waals surface area contributed by atoms with Crippen molar-refractivity contribution in [1.82, 2.24) is 4.57 Å². The number of ketones is 1. The molecule has 0 saturated heterocycles. The lowest BCUT2D eigenvalue weighted by Gasteiger charge is -2.19. The van der Waals surface area contributed by atoms with Gasteiger partial charge in [-0.05, 0) is 48.9 Å². The Bertz CT molecular complexity index is 777. The quantitative estimate of drug-likeness (QED) is 0.842. The van der Waals surface area contributed by atoms with E-state index >= 15 is 0 Å². The molecule has 2 aromatic rings. The monoisotopic (exact) mass is 329 g/mol. The molecule has 24 heavy (non-hydrogen) atoms. The van der Waals surface area contributed by atoms with Crippen LogP contribution in [0.4, 0.5) is 4.39 Å². The van der Waals surface area contributed by atoms with Crippen LogP contribution in [0.5, 0.6) is 0 Å². The Hall–Kier alpha value is -2.43. The fourth-order valence-electron chi connectivity index (χ4n) is 3.38. The topological polar surface area (TPSA) is 59.3 Å². The second-order valence-corrected chi connectivity index (χ2v) is 6.38. The highest BCUT2D eigenvalue weighted by molar-refractivity contribution is 5.99. The van der Waals surface area contributed by atoms with Crippen LogP contribution < -0.4 is 0 Å². The molecule has 0 saturated carbocycles.